The summed E-state index contributed by atoms with van der Waals surface area (Å²) in [7, 11) is 4.23. The van der Waals surface area contributed by atoms with Crippen molar-refractivity contribution < 1.29 is 14.1 Å². The standard InChI is InChI=1S/C23H25N5O3/c1-27(2)20-12-14-28(15-20)19-9-7-18(8-10-19)25-22(29)16-3-5-17(6-4-16)26-23(30)21-11-13-24-31-21/h3-11,13,20H,12,14-15H2,1-2H3,(H,25,29)(H,26,30). The van der Waals surface area contributed by atoms with Crippen molar-refractivity contribution >= 4 is 28.9 Å². The topological polar surface area (TPSA) is 90.7 Å². The van der Waals surface area contributed by atoms with Gasteiger partial charge in [0.25, 0.3) is 11.8 Å². The minimum atomic E-state index is -0.398. The molecule has 0 radical (unpaired) electrons. The summed E-state index contributed by atoms with van der Waals surface area (Å²) in [6, 6.07) is 16.6. The first kappa shape index (κ1) is 20.6. The molecule has 2 aromatic carbocycles. The predicted molar refractivity (Wildman–Crippen MR) is 120 cm³/mol. The SMILES string of the molecule is CN(C)C1CCN(c2ccc(NC(=O)c3ccc(NC(=O)c4ccno4)cc3)cc2)C1. The Kier molecular flexibility index (Phi) is 5.99. The van der Waals surface area contributed by atoms with E-state index in [2.05, 4.69) is 39.7 Å². The summed E-state index contributed by atoms with van der Waals surface area (Å²) < 4.78 is 4.82. The second-order valence-corrected chi connectivity index (χ2v) is 7.76. The van der Waals surface area contributed by atoms with E-state index in [0.717, 1.165) is 30.9 Å². The van der Waals surface area contributed by atoms with Crippen LogP contribution >= 0.6 is 0 Å². The van der Waals surface area contributed by atoms with E-state index in [1.165, 1.54) is 12.3 Å². The Morgan fingerprint density at radius 1 is 0.968 bits per heavy atom. The molecule has 8 heteroatoms. The second-order valence-electron chi connectivity index (χ2n) is 7.76. The van der Waals surface area contributed by atoms with Crippen LogP contribution in [-0.4, -0.2) is 55.1 Å². The first-order valence-electron chi connectivity index (χ1n) is 10.1. The fraction of sp³-hybridized carbons (Fsp3) is 0.261. The molecule has 1 aliphatic heterocycles. The highest BCUT2D eigenvalue weighted by Gasteiger charge is 2.24. The number of anilines is 3. The quantitative estimate of drug-likeness (QED) is 0.637. The van der Waals surface area contributed by atoms with E-state index in [4.69, 9.17) is 4.52 Å². The second kappa shape index (κ2) is 9.01. The summed E-state index contributed by atoms with van der Waals surface area (Å²) in [5.74, 6) is -0.490. The maximum Gasteiger partial charge on any atom is 0.294 e. The van der Waals surface area contributed by atoms with Crippen molar-refractivity contribution in [1.82, 2.24) is 10.1 Å². The lowest BCUT2D eigenvalue weighted by atomic mass is 10.2. The number of amides is 2. The molecule has 3 aromatic rings. The Morgan fingerprint density at radius 2 is 1.61 bits per heavy atom. The molecule has 1 saturated heterocycles. The average Bonchev–Trinajstić information content (AvgIpc) is 3.47. The van der Waals surface area contributed by atoms with Gasteiger partial charge in [-0.1, -0.05) is 5.16 Å². The van der Waals surface area contributed by atoms with Crippen LogP contribution in [0.15, 0.2) is 65.3 Å². The van der Waals surface area contributed by atoms with Gasteiger partial charge in [0, 0.05) is 47.8 Å². The van der Waals surface area contributed by atoms with Crippen molar-refractivity contribution in [2.45, 2.75) is 12.5 Å². The van der Waals surface area contributed by atoms with Gasteiger partial charge in [-0.25, -0.2) is 0 Å². The third-order valence-corrected chi connectivity index (χ3v) is 5.45. The van der Waals surface area contributed by atoms with Crippen LogP contribution in [0.1, 0.15) is 27.3 Å². The lowest BCUT2D eigenvalue weighted by Gasteiger charge is -2.22. The summed E-state index contributed by atoms with van der Waals surface area (Å²) >= 11 is 0. The van der Waals surface area contributed by atoms with Crippen LogP contribution in [0.4, 0.5) is 17.1 Å². The number of likely N-dealkylation sites (N-methyl/N-ethyl adjacent to an activating group) is 1. The molecule has 1 atom stereocenters. The van der Waals surface area contributed by atoms with Gasteiger partial charge < -0.3 is 25.0 Å². The molecule has 0 saturated carbocycles. The smallest absolute Gasteiger partial charge is 0.294 e. The van der Waals surface area contributed by atoms with Crippen LogP contribution in [0.5, 0.6) is 0 Å². The van der Waals surface area contributed by atoms with Crippen molar-refractivity contribution in [2.75, 3.05) is 42.7 Å². The monoisotopic (exact) mass is 419 g/mol. The molecule has 1 aromatic heterocycles. The zero-order valence-corrected chi connectivity index (χ0v) is 17.5. The summed E-state index contributed by atoms with van der Waals surface area (Å²) in [6.45, 7) is 2.05. The summed E-state index contributed by atoms with van der Waals surface area (Å²) in [4.78, 5) is 29.2. The van der Waals surface area contributed by atoms with E-state index >= 15 is 0 Å². The van der Waals surface area contributed by atoms with Gasteiger partial charge in [0.1, 0.15) is 0 Å². The molecule has 8 nitrogen and oxygen atoms in total. The highest BCUT2D eigenvalue weighted by atomic mass is 16.5. The zero-order chi connectivity index (χ0) is 21.8. The number of nitrogens with one attached hydrogen (secondary N) is 2. The molecule has 2 heterocycles. The number of benzene rings is 2. The fourth-order valence-electron chi connectivity index (χ4n) is 3.59. The normalized spacial score (nSPS) is 15.8. The molecule has 31 heavy (non-hydrogen) atoms. The Balaban J connectivity index is 1.33. The lowest BCUT2D eigenvalue weighted by Crippen LogP contribution is -2.31. The highest BCUT2D eigenvalue weighted by Crippen LogP contribution is 2.24. The van der Waals surface area contributed by atoms with Crippen molar-refractivity contribution in [3.05, 3.63) is 72.1 Å². The van der Waals surface area contributed by atoms with Crippen LogP contribution in [-0.2, 0) is 0 Å². The minimum Gasteiger partial charge on any atom is -0.370 e. The number of carbonyl (C=O) groups excluding carboxylic acids is 2. The van der Waals surface area contributed by atoms with E-state index in [-0.39, 0.29) is 11.7 Å². The van der Waals surface area contributed by atoms with Gasteiger partial charge in [-0.2, -0.15) is 0 Å². The van der Waals surface area contributed by atoms with Gasteiger partial charge in [-0.15, -0.1) is 0 Å². The molecular formula is C23H25N5O3. The summed E-state index contributed by atoms with van der Waals surface area (Å²) in [5.41, 5.74) is 2.95. The highest BCUT2D eigenvalue weighted by molar-refractivity contribution is 6.05. The van der Waals surface area contributed by atoms with Crippen LogP contribution in [0.2, 0.25) is 0 Å². The maximum absolute atomic E-state index is 12.6. The van der Waals surface area contributed by atoms with Crippen molar-refractivity contribution in [3.8, 4) is 0 Å². The number of carbonyl (C=O) groups is 2. The number of rotatable bonds is 6. The molecule has 0 spiro atoms. The van der Waals surface area contributed by atoms with Crippen LogP contribution in [0.25, 0.3) is 0 Å². The lowest BCUT2D eigenvalue weighted by molar-refractivity contribution is 0.0986. The van der Waals surface area contributed by atoms with Crippen molar-refractivity contribution in [1.29, 1.82) is 0 Å². The minimum absolute atomic E-state index is 0.122. The van der Waals surface area contributed by atoms with E-state index < -0.39 is 5.91 Å². The molecule has 1 aliphatic rings. The molecule has 4 rings (SSSR count). The molecular weight excluding hydrogens is 394 g/mol. The van der Waals surface area contributed by atoms with Crippen molar-refractivity contribution in [3.63, 3.8) is 0 Å². The first-order chi connectivity index (χ1) is 15.0. The van der Waals surface area contributed by atoms with Gasteiger partial charge in [0.2, 0.25) is 5.76 Å². The third kappa shape index (κ3) is 4.92. The van der Waals surface area contributed by atoms with Crippen LogP contribution in [0.3, 0.4) is 0 Å². The molecule has 0 bridgehead atoms. The van der Waals surface area contributed by atoms with Crippen molar-refractivity contribution in [2.24, 2.45) is 0 Å². The molecule has 1 fully saturated rings. The van der Waals surface area contributed by atoms with E-state index in [0.29, 0.717) is 17.3 Å². The summed E-state index contributed by atoms with van der Waals surface area (Å²) in [5, 5.41) is 9.11. The zero-order valence-electron chi connectivity index (χ0n) is 17.5. The van der Waals surface area contributed by atoms with Crippen LogP contribution < -0.4 is 15.5 Å². The molecule has 1 unspecified atom stereocenters. The van der Waals surface area contributed by atoms with Crippen LogP contribution in [0, 0.1) is 0 Å². The first-order valence-corrected chi connectivity index (χ1v) is 10.1. The molecule has 2 N–H and O–H groups in total. The van der Waals surface area contributed by atoms with E-state index in [1.807, 2.05) is 24.3 Å². The number of hydrogen-bond donors (Lipinski definition) is 2. The number of nitrogens with zero attached hydrogens (tertiary/aromatic N) is 3. The van der Waals surface area contributed by atoms with Gasteiger partial charge >= 0.3 is 0 Å². The Morgan fingerprint density at radius 3 is 2.19 bits per heavy atom. The summed E-state index contributed by atoms with van der Waals surface area (Å²) in [6.07, 6.45) is 2.56. The molecule has 2 amide bonds. The predicted octanol–water partition coefficient (Wildman–Crippen LogP) is 3.32. The maximum atomic E-state index is 12.6. The van der Waals surface area contributed by atoms with E-state index in [9.17, 15) is 9.59 Å². The van der Waals surface area contributed by atoms with Gasteiger partial charge in [0.15, 0.2) is 0 Å². The number of hydrogen-bond acceptors (Lipinski definition) is 6. The Labute approximate surface area is 180 Å². The number of aromatic nitrogens is 1. The van der Waals surface area contributed by atoms with Gasteiger partial charge in [0.05, 0.1) is 6.20 Å². The molecule has 0 aliphatic carbocycles. The Hall–Kier alpha value is -3.65. The van der Waals surface area contributed by atoms with Gasteiger partial charge in [-0.05, 0) is 69.0 Å². The van der Waals surface area contributed by atoms with Gasteiger partial charge in [-0.3, -0.25) is 9.59 Å². The third-order valence-electron chi connectivity index (χ3n) is 5.45. The Bertz CT molecular complexity index is 1030. The molecule has 160 valence electrons. The average molecular weight is 419 g/mol. The largest absolute Gasteiger partial charge is 0.370 e. The fourth-order valence-corrected chi connectivity index (χ4v) is 3.59. The van der Waals surface area contributed by atoms with E-state index in [1.54, 1.807) is 24.3 Å².